The van der Waals surface area contributed by atoms with Gasteiger partial charge in [0.05, 0.1) is 12.6 Å². The van der Waals surface area contributed by atoms with Crippen molar-refractivity contribution in [2.24, 2.45) is 0 Å². The number of aromatic nitrogens is 2. The molecule has 4 nitrogen and oxygen atoms in total. The summed E-state index contributed by atoms with van der Waals surface area (Å²) >= 11 is 0. The molecule has 2 aliphatic rings. The average molecular weight is 247 g/mol. The minimum absolute atomic E-state index is 0.416. The van der Waals surface area contributed by atoms with Gasteiger partial charge in [-0.25, -0.2) is 9.97 Å². The van der Waals surface area contributed by atoms with E-state index in [0.717, 1.165) is 44.1 Å². The number of fused-ring (bicyclic) bond motifs is 1. The summed E-state index contributed by atoms with van der Waals surface area (Å²) in [4.78, 5) is 9.19. The van der Waals surface area contributed by atoms with E-state index in [-0.39, 0.29) is 0 Å². The predicted octanol–water partition coefficient (Wildman–Crippen LogP) is 2.25. The van der Waals surface area contributed by atoms with Crippen molar-refractivity contribution >= 4 is 5.82 Å². The molecule has 1 N–H and O–H groups in total. The lowest BCUT2D eigenvalue weighted by Crippen LogP contribution is -2.31. The number of hydrogen-bond acceptors (Lipinski definition) is 4. The Morgan fingerprint density at radius 1 is 1.17 bits per heavy atom. The van der Waals surface area contributed by atoms with Gasteiger partial charge >= 0.3 is 0 Å². The van der Waals surface area contributed by atoms with Crippen LogP contribution >= 0.6 is 0 Å². The molecule has 0 radical (unpaired) electrons. The summed E-state index contributed by atoms with van der Waals surface area (Å²) in [7, 11) is 0. The van der Waals surface area contributed by atoms with Crippen LogP contribution in [0.4, 0.5) is 5.82 Å². The minimum Gasteiger partial charge on any atom is -0.379 e. The van der Waals surface area contributed by atoms with Crippen molar-refractivity contribution in [3.8, 4) is 0 Å². The van der Waals surface area contributed by atoms with E-state index in [9.17, 15) is 0 Å². The molecular formula is C14H21N3O. The van der Waals surface area contributed by atoms with E-state index < -0.39 is 0 Å². The molecule has 1 saturated heterocycles. The number of nitrogens with one attached hydrogen (secondary N) is 1. The first-order valence-corrected chi connectivity index (χ1v) is 7.03. The lowest BCUT2D eigenvalue weighted by molar-refractivity contribution is 0.0874. The maximum atomic E-state index is 5.52. The van der Waals surface area contributed by atoms with Crippen molar-refractivity contribution in [2.45, 2.75) is 51.5 Å². The Morgan fingerprint density at radius 3 is 2.89 bits per heavy atom. The molecule has 18 heavy (non-hydrogen) atoms. The van der Waals surface area contributed by atoms with E-state index in [1.165, 1.54) is 30.5 Å². The van der Waals surface area contributed by atoms with Gasteiger partial charge in [-0.05, 0) is 45.4 Å². The highest BCUT2D eigenvalue weighted by molar-refractivity contribution is 5.48. The summed E-state index contributed by atoms with van der Waals surface area (Å²) in [6, 6.07) is 0.416. The molecule has 1 fully saturated rings. The third-order valence-electron chi connectivity index (χ3n) is 3.80. The normalized spacial score (nSPS) is 23.5. The Kier molecular flexibility index (Phi) is 3.46. The molecule has 0 spiro atoms. The van der Waals surface area contributed by atoms with Crippen molar-refractivity contribution < 1.29 is 4.74 Å². The zero-order valence-corrected chi connectivity index (χ0v) is 11.0. The Bertz CT molecular complexity index is 427. The summed E-state index contributed by atoms with van der Waals surface area (Å²) < 4.78 is 5.52. The van der Waals surface area contributed by atoms with Gasteiger partial charge in [-0.1, -0.05) is 0 Å². The van der Waals surface area contributed by atoms with Crippen LogP contribution in [0.5, 0.6) is 0 Å². The maximum absolute atomic E-state index is 5.52. The Labute approximate surface area is 108 Å². The van der Waals surface area contributed by atoms with Gasteiger partial charge in [0.25, 0.3) is 0 Å². The summed E-state index contributed by atoms with van der Waals surface area (Å²) in [5, 5.41) is 3.57. The second-order valence-corrected chi connectivity index (χ2v) is 5.31. The molecule has 1 aliphatic heterocycles. The van der Waals surface area contributed by atoms with Gasteiger partial charge in [0.15, 0.2) is 0 Å². The summed E-state index contributed by atoms with van der Waals surface area (Å²) in [6.07, 6.45) is 7.06. The van der Waals surface area contributed by atoms with Crippen molar-refractivity contribution in [2.75, 3.05) is 18.5 Å². The zero-order valence-electron chi connectivity index (χ0n) is 11.0. The number of aryl methyl sites for hydroxylation is 2. The van der Waals surface area contributed by atoms with Gasteiger partial charge in [0.2, 0.25) is 0 Å². The third kappa shape index (κ3) is 2.48. The molecule has 98 valence electrons. The van der Waals surface area contributed by atoms with Crippen LogP contribution in [0.2, 0.25) is 0 Å². The number of ether oxygens (including phenoxy) is 1. The minimum atomic E-state index is 0.416. The maximum Gasteiger partial charge on any atom is 0.133 e. The van der Waals surface area contributed by atoms with Crippen LogP contribution in [-0.4, -0.2) is 29.2 Å². The van der Waals surface area contributed by atoms with Crippen LogP contribution in [0.15, 0.2) is 0 Å². The van der Waals surface area contributed by atoms with Crippen LogP contribution in [0.3, 0.4) is 0 Å². The van der Waals surface area contributed by atoms with Gasteiger partial charge in [-0.3, -0.25) is 0 Å². The average Bonchev–Trinajstić information content (AvgIpc) is 2.40. The van der Waals surface area contributed by atoms with Crippen molar-refractivity contribution in [1.29, 1.82) is 0 Å². The van der Waals surface area contributed by atoms with Gasteiger partial charge in [-0.15, -0.1) is 0 Å². The highest BCUT2D eigenvalue weighted by Gasteiger charge is 2.20. The lowest BCUT2D eigenvalue weighted by atomic mass is 9.96. The number of rotatable bonds is 2. The van der Waals surface area contributed by atoms with Crippen molar-refractivity contribution in [3.05, 3.63) is 17.1 Å². The van der Waals surface area contributed by atoms with Crippen LogP contribution in [0.1, 0.15) is 42.8 Å². The molecule has 1 aromatic heterocycles. The van der Waals surface area contributed by atoms with E-state index in [1.807, 2.05) is 6.92 Å². The van der Waals surface area contributed by atoms with E-state index in [2.05, 4.69) is 15.3 Å². The lowest BCUT2D eigenvalue weighted by Gasteiger charge is -2.26. The SMILES string of the molecule is Cc1nc2c(c(NC3CCCOC3)n1)CCCC2. The smallest absolute Gasteiger partial charge is 0.133 e. The highest BCUT2D eigenvalue weighted by Crippen LogP contribution is 2.26. The summed E-state index contributed by atoms with van der Waals surface area (Å²) in [6.45, 7) is 3.69. The molecule has 0 saturated carbocycles. The van der Waals surface area contributed by atoms with Gasteiger partial charge in [0, 0.05) is 17.9 Å². The Morgan fingerprint density at radius 2 is 2.06 bits per heavy atom. The first-order valence-electron chi connectivity index (χ1n) is 7.03. The first-order chi connectivity index (χ1) is 8.83. The van der Waals surface area contributed by atoms with E-state index in [1.54, 1.807) is 0 Å². The van der Waals surface area contributed by atoms with Crippen LogP contribution in [0.25, 0.3) is 0 Å². The van der Waals surface area contributed by atoms with Crippen LogP contribution < -0.4 is 5.32 Å². The van der Waals surface area contributed by atoms with E-state index in [0.29, 0.717) is 6.04 Å². The predicted molar refractivity (Wildman–Crippen MR) is 70.9 cm³/mol. The van der Waals surface area contributed by atoms with Gasteiger partial charge < -0.3 is 10.1 Å². The summed E-state index contributed by atoms with van der Waals surface area (Å²) in [5.41, 5.74) is 2.60. The monoisotopic (exact) mass is 247 g/mol. The molecule has 1 aromatic rings. The fourth-order valence-electron chi connectivity index (χ4n) is 2.88. The fourth-order valence-corrected chi connectivity index (χ4v) is 2.88. The largest absolute Gasteiger partial charge is 0.379 e. The number of anilines is 1. The zero-order chi connectivity index (χ0) is 12.4. The molecule has 2 heterocycles. The quantitative estimate of drug-likeness (QED) is 0.870. The molecule has 3 rings (SSSR count). The molecule has 4 heteroatoms. The molecule has 1 atom stereocenters. The highest BCUT2D eigenvalue weighted by atomic mass is 16.5. The van der Waals surface area contributed by atoms with E-state index in [4.69, 9.17) is 4.74 Å². The fraction of sp³-hybridized carbons (Fsp3) is 0.714. The molecular weight excluding hydrogens is 226 g/mol. The van der Waals surface area contributed by atoms with Crippen molar-refractivity contribution in [1.82, 2.24) is 9.97 Å². The second-order valence-electron chi connectivity index (χ2n) is 5.31. The molecule has 1 unspecified atom stereocenters. The number of nitrogens with zero attached hydrogens (tertiary/aromatic N) is 2. The number of hydrogen-bond donors (Lipinski definition) is 1. The topological polar surface area (TPSA) is 47.0 Å². The first kappa shape index (κ1) is 11.9. The van der Waals surface area contributed by atoms with Gasteiger partial charge in [0.1, 0.15) is 11.6 Å². The second kappa shape index (κ2) is 5.22. The molecule has 0 aromatic carbocycles. The van der Waals surface area contributed by atoms with Crippen molar-refractivity contribution in [3.63, 3.8) is 0 Å². The Balaban J connectivity index is 1.83. The van der Waals surface area contributed by atoms with E-state index >= 15 is 0 Å². The molecule has 0 bridgehead atoms. The summed E-state index contributed by atoms with van der Waals surface area (Å²) in [5.74, 6) is 1.95. The third-order valence-corrected chi connectivity index (χ3v) is 3.80. The van der Waals surface area contributed by atoms with Gasteiger partial charge in [-0.2, -0.15) is 0 Å². The Hall–Kier alpha value is -1.16. The molecule has 0 amide bonds. The standard InChI is InChI=1S/C14H21N3O/c1-10-15-13-7-3-2-6-12(13)14(16-10)17-11-5-4-8-18-9-11/h11H,2-9H2,1H3,(H,15,16,17). The van der Waals surface area contributed by atoms with Crippen LogP contribution in [0, 0.1) is 6.92 Å². The molecule has 1 aliphatic carbocycles. The van der Waals surface area contributed by atoms with Crippen LogP contribution in [-0.2, 0) is 17.6 Å².